The summed E-state index contributed by atoms with van der Waals surface area (Å²) in [6.07, 6.45) is 5.27. The van der Waals surface area contributed by atoms with Gasteiger partial charge in [-0.05, 0) is 50.3 Å². The summed E-state index contributed by atoms with van der Waals surface area (Å²) in [4.78, 5) is 14.6. The third kappa shape index (κ3) is 5.33. The number of hydrogen-bond donors (Lipinski definition) is 2. The second-order valence-corrected chi connectivity index (χ2v) is 7.01. The second kappa shape index (κ2) is 8.46. The molecule has 1 aromatic rings. The molecule has 4 nitrogen and oxygen atoms in total. The highest BCUT2D eigenvalue weighted by Crippen LogP contribution is 2.18. The molecule has 2 N–H and O–H groups in total. The molecule has 0 aliphatic carbocycles. The van der Waals surface area contributed by atoms with Gasteiger partial charge in [-0.2, -0.15) is 0 Å². The average Bonchev–Trinajstić information content (AvgIpc) is 3.02. The lowest BCUT2D eigenvalue weighted by atomic mass is 9.93. The van der Waals surface area contributed by atoms with E-state index >= 15 is 0 Å². The van der Waals surface area contributed by atoms with Crippen LogP contribution >= 0.6 is 0 Å². The quantitative estimate of drug-likeness (QED) is 0.845. The number of rotatable bonds is 6. The molecule has 0 aromatic heterocycles. The van der Waals surface area contributed by atoms with Crippen molar-refractivity contribution in [3.63, 3.8) is 0 Å². The van der Waals surface area contributed by atoms with Crippen LogP contribution in [0.5, 0.6) is 0 Å². The lowest BCUT2D eigenvalue weighted by Gasteiger charge is -2.22. The summed E-state index contributed by atoms with van der Waals surface area (Å²) in [5.74, 6) is 0.982. The van der Waals surface area contributed by atoms with Gasteiger partial charge in [0.15, 0.2) is 0 Å². The largest absolute Gasteiger partial charge is 0.352 e. The minimum atomic E-state index is 0.245. The first-order chi connectivity index (χ1) is 11.3. The molecule has 1 atom stereocenters. The molecule has 23 heavy (non-hydrogen) atoms. The number of nitrogens with one attached hydrogen (secondary N) is 2. The molecule has 0 bridgehead atoms. The Kier molecular flexibility index (Phi) is 6.06. The van der Waals surface area contributed by atoms with E-state index in [-0.39, 0.29) is 5.91 Å². The van der Waals surface area contributed by atoms with Crippen LogP contribution < -0.4 is 10.6 Å². The molecule has 2 fully saturated rings. The van der Waals surface area contributed by atoms with Gasteiger partial charge >= 0.3 is 0 Å². The standard InChI is InChI=1S/C19H29N3O/c23-19(7-6-16-8-11-20-12-9-16)21-18-10-13-22(15-18)14-17-4-2-1-3-5-17/h1-5,16,18,20H,6-15H2,(H,21,23). The first-order valence-corrected chi connectivity index (χ1v) is 9.06. The van der Waals surface area contributed by atoms with E-state index in [0.29, 0.717) is 12.5 Å². The van der Waals surface area contributed by atoms with Crippen LogP contribution in [-0.4, -0.2) is 43.0 Å². The summed E-state index contributed by atoms with van der Waals surface area (Å²) in [6.45, 7) is 5.27. The number of benzene rings is 1. The summed E-state index contributed by atoms with van der Waals surface area (Å²) in [5.41, 5.74) is 1.35. The highest BCUT2D eigenvalue weighted by atomic mass is 16.1. The molecule has 126 valence electrons. The van der Waals surface area contributed by atoms with E-state index in [4.69, 9.17) is 0 Å². The maximum atomic E-state index is 12.2. The van der Waals surface area contributed by atoms with Crippen molar-refractivity contribution < 1.29 is 4.79 Å². The van der Waals surface area contributed by atoms with E-state index in [0.717, 1.165) is 51.5 Å². The Balaban J connectivity index is 1.35. The highest BCUT2D eigenvalue weighted by Gasteiger charge is 2.24. The smallest absolute Gasteiger partial charge is 0.220 e. The molecule has 1 unspecified atom stereocenters. The third-order valence-electron chi connectivity index (χ3n) is 5.12. The summed E-state index contributed by atoms with van der Waals surface area (Å²) in [7, 11) is 0. The zero-order valence-corrected chi connectivity index (χ0v) is 14.0. The number of hydrogen-bond acceptors (Lipinski definition) is 3. The Morgan fingerprint density at radius 2 is 1.96 bits per heavy atom. The number of piperidine rings is 1. The zero-order chi connectivity index (χ0) is 15.9. The molecule has 1 amide bonds. The molecule has 2 heterocycles. The second-order valence-electron chi connectivity index (χ2n) is 7.01. The number of nitrogens with zero attached hydrogens (tertiary/aromatic N) is 1. The maximum Gasteiger partial charge on any atom is 0.220 e. The Morgan fingerprint density at radius 1 is 1.17 bits per heavy atom. The van der Waals surface area contributed by atoms with E-state index in [1.54, 1.807) is 0 Å². The van der Waals surface area contributed by atoms with Crippen LogP contribution in [-0.2, 0) is 11.3 Å². The lowest BCUT2D eigenvalue weighted by molar-refractivity contribution is -0.122. The van der Waals surface area contributed by atoms with Crippen molar-refractivity contribution in [1.82, 2.24) is 15.5 Å². The molecular formula is C19H29N3O. The van der Waals surface area contributed by atoms with Gasteiger partial charge in [0.1, 0.15) is 0 Å². The van der Waals surface area contributed by atoms with Gasteiger partial charge in [-0.1, -0.05) is 30.3 Å². The molecular weight excluding hydrogens is 286 g/mol. The van der Waals surface area contributed by atoms with Crippen molar-refractivity contribution in [2.24, 2.45) is 5.92 Å². The zero-order valence-electron chi connectivity index (χ0n) is 14.0. The SMILES string of the molecule is O=C(CCC1CCNCC1)NC1CCN(Cc2ccccc2)C1. The van der Waals surface area contributed by atoms with Crippen molar-refractivity contribution in [3.8, 4) is 0 Å². The monoisotopic (exact) mass is 315 g/mol. The first kappa shape index (κ1) is 16.5. The Hall–Kier alpha value is -1.39. The minimum Gasteiger partial charge on any atom is -0.352 e. The summed E-state index contributed by atoms with van der Waals surface area (Å²) in [5, 5.41) is 6.62. The van der Waals surface area contributed by atoms with Crippen molar-refractivity contribution in [2.75, 3.05) is 26.2 Å². The molecule has 3 rings (SSSR count). The first-order valence-electron chi connectivity index (χ1n) is 9.06. The molecule has 2 aliphatic heterocycles. The molecule has 0 radical (unpaired) electrons. The summed E-state index contributed by atoms with van der Waals surface area (Å²) in [6, 6.07) is 10.9. The number of amides is 1. The van der Waals surface area contributed by atoms with Gasteiger partial charge in [-0.15, -0.1) is 0 Å². The Labute approximate surface area is 139 Å². The molecule has 1 aromatic carbocycles. The predicted octanol–water partition coefficient (Wildman–Crippen LogP) is 2.16. The van der Waals surface area contributed by atoms with Gasteiger partial charge in [-0.25, -0.2) is 0 Å². The summed E-state index contributed by atoms with van der Waals surface area (Å²) < 4.78 is 0. The third-order valence-corrected chi connectivity index (χ3v) is 5.12. The minimum absolute atomic E-state index is 0.245. The van der Waals surface area contributed by atoms with E-state index < -0.39 is 0 Å². The molecule has 2 saturated heterocycles. The summed E-state index contributed by atoms with van der Waals surface area (Å²) >= 11 is 0. The van der Waals surface area contributed by atoms with Gasteiger partial charge in [0, 0.05) is 32.1 Å². The van der Waals surface area contributed by atoms with Gasteiger partial charge in [0.05, 0.1) is 0 Å². The van der Waals surface area contributed by atoms with Crippen LogP contribution in [0.25, 0.3) is 0 Å². The fraction of sp³-hybridized carbons (Fsp3) is 0.632. The van der Waals surface area contributed by atoms with Crippen molar-refractivity contribution in [1.29, 1.82) is 0 Å². The topological polar surface area (TPSA) is 44.4 Å². The Bertz CT molecular complexity index is 485. The molecule has 0 saturated carbocycles. The van der Waals surface area contributed by atoms with Crippen LogP contribution in [0.4, 0.5) is 0 Å². The van der Waals surface area contributed by atoms with Crippen molar-refractivity contribution in [2.45, 2.75) is 44.7 Å². The van der Waals surface area contributed by atoms with Gasteiger partial charge in [0.25, 0.3) is 0 Å². The fourth-order valence-corrected chi connectivity index (χ4v) is 3.74. The highest BCUT2D eigenvalue weighted by molar-refractivity contribution is 5.76. The van der Waals surface area contributed by atoms with E-state index in [2.05, 4.69) is 45.9 Å². The number of carbonyl (C=O) groups is 1. The van der Waals surface area contributed by atoms with E-state index in [9.17, 15) is 4.79 Å². The fourth-order valence-electron chi connectivity index (χ4n) is 3.74. The van der Waals surface area contributed by atoms with E-state index in [1.165, 1.54) is 18.4 Å². The predicted molar refractivity (Wildman–Crippen MR) is 93.1 cm³/mol. The van der Waals surface area contributed by atoms with Crippen LogP contribution in [0, 0.1) is 5.92 Å². The van der Waals surface area contributed by atoms with Crippen molar-refractivity contribution >= 4 is 5.91 Å². The molecule has 2 aliphatic rings. The molecule has 4 heteroatoms. The lowest BCUT2D eigenvalue weighted by Crippen LogP contribution is -2.37. The van der Waals surface area contributed by atoms with Crippen LogP contribution in [0.2, 0.25) is 0 Å². The van der Waals surface area contributed by atoms with Gasteiger partial charge in [-0.3, -0.25) is 9.69 Å². The van der Waals surface area contributed by atoms with Crippen molar-refractivity contribution in [3.05, 3.63) is 35.9 Å². The maximum absolute atomic E-state index is 12.2. The number of carbonyl (C=O) groups excluding carboxylic acids is 1. The number of likely N-dealkylation sites (tertiary alicyclic amines) is 1. The van der Waals surface area contributed by atoms with Gasteiger partial charge < -0.3 is 10.6 Å². The molecule has 0 spiro atoms. The van der Waals surface area contributed by atoms with Crippen LogP contribution in [0.1, 0.15) is 37.7 Å². The van der Waals surface area contributed by atoms with Crippen LogP contribution in [0.3, 0.4) is 0 Å². The Morgan fingerprint density at radius 3 is 2.74 bits per heavy atom. The normalized spacial score (nSPS) is 23.0. The van der Waals surface area contributed by atoms with E-state index in [1.807, 2.05) is 0 Å². The van der Waals surface area contributed by atoms with Gasteiger partial charge in [0.2, 0.25) is 5.91 Å². The van der Waals surface area contributed by atoms with Crippen LogP contribution in [0.15, 0.2) is 30.3 Å². The average molecular weight is 315 g/mol.